The highest BCUT2D eigenvalue weighted by Crippen LogP contribution is 2.12. The maximum Gasteiger partial charge on any atom is 0.235 e. The molecule has 0 radical (unpaired) electrons. The van der Waals surface area contributed by atoms with Gasteiger partial charge in [0.1, 0.15) is 12.4 Å². The second-order valence-electron chi connectivity index (χ2n) is 5.04. The second kappa shape index (κ2) is 6.63. The van der Waals surface area contributed by atoms with Crippen molar-refractivity contribution in [1.29, 1.82) is 5.26 Å². The summed E-state index contributed by atoms with van der Waals surface area (Å²) in [7, 11) is 0. The van der Waals surface area contributed by atoms with Gasteiger partial charge in [-0.25, -0.2) is 0 Å². The topological polar surface area (TPSA) is 101 Å². The van der Waals surface area contributed by atoms with E-state index >= 15 is 0 Å². The van der Waals surface area contributed by atoms with Crippen molar-refractivity contribution in [2.75, 3.05) is 5.32 Å². The van der Waals surface area contributed by atoms with Gasteiger partial charge in [0.15, 0.2) is 5.78 Å². The minimum atomic E-state index is -0.168. The van der Waals surface area contributed by atoms with Gasteiger partial charge in [-0.05, 0) is 24.3 Å². The lowest BCUT2D eigenvalue weighted by Gasteiger charge is -2.08. The lowest BCUT2D eigenvalue weighted by molar-refractivity contribution is -0.118. The number of amides is 1. The quantitative estimate of drug-likeness (QED) is 0.845. The van der Waals surface area contributed by atoms with Gasteiger partial charge in [-0.3, -0.25) is 14.2 Å². The molecule has 2 rings (SSSR count). The van der Waals surface area contributed by atoms with Gasteiger partial charge in [-0.1, -0.05) is 13.8 Å². The number of ketones is 1. The summed E-state index contributed by atoms with van der Waals surface area (Å²) in [6.07, 6.45) is 1.34. The highest BCUT2D eigenvalue weighted by Gasteiger charge is 2.11. The fourth-order valence-corrected chi connectivity index (χ4v) is 1.73. The predicted octanol–water partition coefficient (Wildman–Crippen LogP) is 1.63. The van der Waals surface area contributed by atoms with Crippen molar-refractivity contribution in [3.63, 3.8) is 0 Å². The molecule has 1 aromatic carbocycles. The number of Topliss-reactive ketones (excluding diaryl/α,β-unsaturated/α-hetero) is 1. The monoisotopic (exact) mass is 297 g/mol. The zero-order chi connectivity index (χ0) is 16.1. The van der Waals surface area contributed by atoms with Gasteiger partial charge in [-0.2, -0.15) is 5.26 Å². The van der Waals surface area contributed by atoms with E-state index in [-0.39, 0.29) is 30.0 Å². The van der Waals surface area contributed by atoms with E-state index in [1.807, 2.05) is 6.07 Å². The smallest absolute Gasteiger partial charge is 0.235 e. The molecule has 1 heterocycles. The van der Waals surface area contributed by atoms with E-state index in [1.165, 1.54) is 10.9 Å². The Morgan fingerprint density at radius 3 is 2.59 bits per heavy atom. The molecule has 7 heteroatoms. The first-order valence-corrected chi connectivity index (χ1v) is 6.73. The van der Waals surface area contributed by atoms with Gasteiger partial charge < -0.3 is 5.32 Å². The third kappa shape index (κ3) is 3.55. The number of benzene rings is 1. The summed E-state index contributed by atoms with van der Waals surface area (Å²) in [5, 5.41) is 18.8. The summed E-state index contributed by atoms with van der Waals surface area (Å²) in [6, 6.07) is 8.47. The molecule has 0 unspecified atom stereocenters. The zero-order valence-electron chi connectivity index (χ0n) is 12.3. The highest BCUT2D eigenvalue weighted by molar-refractivity contribution is 5.97. The van der Waals surface area contributed by atoms with Crippen LogP contribution in [0.5, 0.6) is 0 Å². The minimum absolute atomic E-state index is 0.00636. The molecule has 2 aromatic rings. The molecular formula is C15H15N5O2. The fourth-order valence-electron chi connectivity index (χ4n) is 1.73. The van der Waals surface area contributed by atoms with Crippen LogP contribution in [-0.4, -0.2) is 26.5 Å². The molecule has 1 N–H and O–H groups in total. The lowest BCUT2D eigenvalue weighted by atomic mass is 10.1. The first kappa shape index (κ1) is 15.4. The maximum atomic E-state index is 12.1. The molecule has 7 nitrogen and oxygen atoms in total. The summed E-state index contributed by atoms with van der Waals surface area (Å²) in [4.78, 5) is 23.7. The van der Waals surface area contributed by atoms with Gasteiger partial charge in [0.05, 0.1) is 6.54 Å². The maximum absolute atomic E-state index is 12.1. The SMILES string of the molecule is CC(C)C(=O)Nc1ccc(C(=O)Cn2cnnc2C#N)cc1. The normalized spacial score (nSPS) is 10.3. The Morgan fingerprint density at radius 2 is 2.00 bits per heavy atom. The van der Waals surface area contributed by atoms with E-state index in [0.717, 1.165) is 0 Å². The second-order valence-corrected chi connectivity index (χ2v) is 5.04. The van der Waals surface area contributed by atoms with Crippen LogP contribution < -0.4 is 5.32 Å². The molecule has 0 spiro atoms. The van der Waals surface area contributed by atoms with Crippen LogP contribution in [0.2, 0.25) is 0 Å². The predicted molar refractivity (Wildman–Crippen MR) is 79.0 cm³/mol. The van der Waals surface area contributed by atoms with Crippen molar-refractivity contribution >= 4 is 17.4 Å². The standard InChI is InChI=1S/C15H15N5O2/c1-10(2)15(22)18-12-5-3-11(4-6-12)13(21)8-20-9-17-19-14(20)7-16/h3-6,9-10H,8H2,1-2H3,(H,18,22). The van der Waals surface area contributed by atoms with Crippen molar-refractivity contribution in [2.24, 2.45) is 5.92 Å². The number of hydrogen-bond donors (Lipinski definition) is 1. The van der Waals surface area contributed by atoms with E-state index < -0.39 is 0 Å². The highest BCUT2D eigenvalue weighted by atomic mass is 16.1. The molecule has 112 valence electrons. The van der Waals surface area contributed by atoms with Gasteiger partial charge >= 0.3 is 0 Å². The van der Waals surface area contributed by atoms with E-state index in [0.29, 0.717) is 11.3 Å². The Bertz CT molecular complexity index is 725. The number of hydrogen-bond acceptors (Lipinski definition) is 5. The lowest BCUT2D eigenvalue weighted by Crippen LogP contribution is -2.17. The molecule has 1 amide bonds. The Hall–Kier alpha value is -3.01. The molecule has 0 bridgehead atoms. The van der Waals surface area contributed by atoms with Crippen LogP contribution >= 0.6 is 0 Å². The minimum Gasteiger partial charge on any atom is -0.326 e. The molecule has 22 heavy (non-hydrogen) atoms. The van der Waals surface area contributed by atoms with E-state index in [9.17, 15) is 9.59 Å². The van der Waals surface area contributed by atoms with Crippen LogP contribution in [-0.2, 0) is 11.3 Å². The number of rotatable bonds is 5. The molecule has 0 saturated carbocycles. The summed E-state index contributed by atoms with van der Waals surface area (Å²) < 4.78 is 1.39. The number of anilines is 1. The average Bonchev–Trinajstić information content (AvgIpc) is 2.95. The molecule has 0 aliphatic rings. The van der Waals surface area contributed by atoms with Gasteiger partial charge in [0, 0.05) is 17.2 Å². The Kier molecular flexibility index (Phi) is 4.63. The van der Waals surface area contributed by atoms with E-state index in [4.69, 9.17) is 5.26 Å². The molecular weight excluding hydrogens is 282 g/mol. The van der Waals surface area contributed by atoms with Gasteiger partial charge in [-0.15, -0.1) is 10.2 Å². The summed E-state index contributed by atoms with van der Waals surface area (Å²) in [5.74, 6) is -0.270. The summed E-state index contributed by atoms with van der Waals surface area (Å²) in [5.41, 5.74) is 1.12. The van der Waals surface area contributed by atoms with E-state index in [1.54, 1.807) is 38.1 Å². The van der Waals surface area contributed by atoms with Crippen LogP contribution in [0.25, 0.3) is 0 Å². The van der Waals surface area contributed by atoms with E-state index in [2.05, 4.69) is 15.5 Å². The van der Waals surface area contributed by atoms with Crippen LogP contribution in [0.1, 0.15) is 30.0 Å². The molecule has 0 aliphatic carbocycles. The first-order valence-electron chi connectivity index (χ1n) is 6.73. The average molecular weight is 297 g/mol. The van der Waals surface area contributed by atoms with Crippen LogP contribution in [0, 0.1) is 17.2 Å². The molecule has 0 fully saturated rings. The fraction of sp³-hybridized carbons (Fsp3) is 0.267. The van der Waals surface area contributed by atoms with Crippen LogP contribution in [0.15, 0.2) is 30.6 Å². The zero-order valence-corrected chi connectivity index (χ0v) is 12.3. The number of carbonyl (C=O) groups excluding carboxylic acids is 2. The Morgan fingerprint density at radius 1 is 1.32 bits per heavy atom. The first-order chi connectivity index (χ1) is 10.5. The van der Waals surface area contributed by atoms with Gasteiger partial charge in [0.25, 0.3) is 0 Å². The molecule has 0 aliphatic heterocycles. The van der Waals surface area contributed by atoms with Crippen molar-refractivity contribution in [3.8, 4) is 6.07 Å². The van der Waals surface area contributed by atoms with Crippen LogP contribution in [0.3, 0.4) is 0 Å². The third-order valence-corrected chi connectivity index (χ3v) is 3.03. The van der Waals surface area contributed by atoms with Crippen molar-refractivity contribution in [1.82, 2.24) is 14.8 Å². The van der Waals surface area contributed by atoms with Gasteiger partial charge in [0.2, 0.25) is 11.7 Å². The third-order valence-electron chi connectivity index (χ3n) is 3.03. The number of nitriles is 1. The number of nitrogens with one attached hydrogen (secondary N) is 1. The molecule has 1 aromatic heterocycles. The molecule has 0 atom stereocenters. The van der Waals surface area contributed by atoms with Crippen molar-refractivity contribution in [3.05, 3.63) is 42.0 Å². The number of aromatic nitrogens is 3. The largest absolute Gasteiger partial charge is 0.326 e. The molecule has 0 saturated heterocycles. The van der Waals surface area contributed by atoms with Crippen molar-refractivity contribution < 1.29 is 9.59 Å². The van der Waals surface area contributed by atoms with Crippen molar-refractivity contribution in [2.45, 2.75) is 20.4 Å². The summed E-state index contributed by atoms with van der Waals surface area (Å²) in [6.45, 7) is 3.60. The van der Waals surface area contributed by atoms with Crippen LogP contribution in [0.4, 0.5) is 5.69 Å². The summed E-state index contributed by atoms with van der Waals surface area (Å²) >= 11 is 0. The Labute approximate surface area is 127 Å². The number of nitrogens with zero attached hydrogens (tertiary/aromatic N) is 4. The Balaban J connectivity index is 2.06. The number of carbonyl (C=O) groups is 2.